The van der Waals surface area contributed by atoms with E-state index in [0.29, 0.717) is 24.3 Å². The Hall–Kier alpha value is -3.54. The second-order valence-electron chi connectivity index (χ2n) is 12.2. The molecule has 0 aliphatic rings. The van der Waals surface area contributed by atoms with E-state index in [2.05, 4.69) is 0 Å². The molecule has 12 nitrogen and oxygen atoms in total. The summed E-state index contributed by atoms with van der Waals surface area (Å²) in [5.74, 6) is -2.59. The van der Waals surface area contributed by atoms with Crippen LogP contribution in [-0.4, -0.2) is 62.0 Å². The van der Waals surface area contributed by atoms with Gasteiger partial charge in [0, 0.05) is 5.92 Å². The predicted octanol–water partition coefficient (Wildman–Crippen LogP) is 6.14. The number of carbonyl (C=O) groups is 4. The van der Waals surface area contributed by atoms with Crippen molar-refractivity contribution in [3.63, 3.8) is 0 Å². The van der Waals surface area contributed by atoms with Crippen LogP contribution in [0.3, 0.4) is 0 Å². The third-order valence-electron chi connectivity index (χ3n) is 5.94. The number of ether oxygens (including phenoxy) is 6. The van der Waals surface area contributed by atoms with Crippen LogP contribution in [0, 0.1) is 23.2 Å². The summed E-state index contributed by atoms with van der Waals surface area (Å²) in [5, 5.41) is 9.72. The highest BCUT2D eigenvalue weighted by atomic mass is 16.7. The van der Waals surface area contributed by atoms with Gasteiger partial charge in [-0.15, -0.1) is 0 Å². The Labute approximate surface area is 248 Å². The van der Waals surface area contributed by atoms with E-state index in [1.165, 1.54) is 18.2 Å². The maximum absolute atomic E-state index is 12.4. The quantitative estimate of drug-likeness (QED) is 0.135. The largest absolute Gasteiger partial charge is 0.513 e. The molecule has 0 bridgehead atoms. The Balaban J connectivity index is 3.25. The molecule has 0 aliphatic heterocycles. The molecule has 0 amide bonds. The van der Waals surface area contributed by atoms with Crippen molar-refractivity contribution in [2.45, 2.75) is 80.2 Å². The van der Waals surface area contributed by atoms with Crippen molar-refractivity contribution < 1.29 is 52.7 Å². The topological polar surface area (TPSA) is 170 Å². The second kappa shape index (κ2) is 17.4. The van der Waals surface area contributed by atoms with Gasteiger partial charge in [0.15, 0.2) is 11.5 Å². The number of rotatable bonds is 15. The monoisotopic (exact) mass is 597 g/mol. The normalized spacial score (nSPS) is 13.6. The first-order valence-electron chi connectivity index (χ1n) is 14.1. The fourth-order valence-electron chi connectivity index (χ4n) is 3.55. The van der Waals surface area contributed by atoms with Gasteiger partial charge in [0.1, 0.15) is 6.04 Å². The summed E-state index contributed by atoms with van der Waals surface area (Å²) in [5.41, 5.74) is 6.11. The minimum absolute atomic E-state index is 0.107. The van der Waals surface area contributed by atoms with E-state index >= 15 is 0 Å². The maximum Gasteiger partial charge on any atom is 0.513 e. The molecule has 3 atom stereocenters. The summed E-state index contributed by atoms with van der Waals surface area (Å²) in [6.45, 7) is 15.4. The van der Waals surface area contributed by atoms with Crippen LogP contribution in [0.15, 0.2) is 18.2 Å². The number of nitrogens with two attached hydrogens (primary N) is 1. The number of carbonyl (C=O) groups excluding carboxylic acids is 3. The fourth-order valence-corrected chi connectivity index (χ4v) is 3.55. The first-order chi connectivity index (χ1) is 19.5. The van der Waals surface area contributed by atoms with Crippen LogP contribution in [0.25, 0.3) is 0 Å². The smallest absolute Gasteiger partial charge is 0.480 e. The molecule has 0 heterocycles. The Morgan fingerprint density at radius 2 is 1.31 bits per heavy atom. The van der Waals surface area contributed by atoms with Crippen LogP contribution in [-0.2, 0) is 23.7 Å². The molecule has 0 spiro atoms. The Bertz CT molecular complexity index is 1030. The molecule has 1 aromatic carbocycles. The average molecular weight is 598 g/mol. The summed E-state index contributed by atoms with van der Waals surface area (Å²) in [7, 11) is 0. The number of hydrogen-bond donors (Lipinski definition) is 2. The molecule has 1 aromatic rings. The van der Waals surface area contributed by atoms with Gasteiger partial charge in [0.25, 0.3) is 0 Å². The van der Waals surface area contributed by atoms with E-state index < -0.39 is 42.3 Å². The molecule has 238 valence electrons. The molecule has 1 rings (SSSR count). The first-order valence-corrected chi connectivity index (χ1v) is 14.1. The number of carboxylic acid groups (broad SMARTS) is 1. The van der Waals surface area contributed by atoms with Gasteiger partial charge >= 0.3 is 24.4 Å². The van der Waals surface area contributed by atoms with Crippen LogP contribution >= 0.6 is 0 Å². The summed E-state index contributed by atoms with van der Waals surface area (Å²) in [6.07, 6.45) is -1.71. The lowest BCUT2D eigenvalue weighted by Crippen LogP contribution is -2.40. The molecular formula is C30H47NO11. The van der Waals surface area contributed by atoms with Gasteiger partial charge in [0.05, 0.1) is 26.4 Å². The molecule has 42 heavy (non-hydrogen) atoms. The third kappa shape index (κ3) is 14.4. The highest BCUT2D eigenvalue weighted by molar-refractivity contribution is 5.75. The zero-order valence-electron chi connectivity index (χ0n) is 26.0. The van der Waals surface area contributed by atoms with Gasteiger partial charge in [-0.2, -0.15) is 0 Å². The van der Waals surface area contributed by atoms with Crippen molar-refractivity contribution in [3.8, 4) is 11.5 Å². The minimum Gasteiger partial charge on any atom is -0.480 e. The fraction of sp³-hybridized carbons (Fsp3) is 0.667. The highest BCUT2D eigenvalue weighted by Gasteiger charge is 2.33. The van der Waals surface area contributed by atoms with E-state index in [1.54, 1.807) is 6.92 Å². The predicted molar refractivity (Wildman–Crippen MR) is 154 cm³/mol. The Morgan fingerprint density at radius 1 is 0.786 bits per heavy atom. The first kappa shape index (κ1) is 36.5. The third-order valence-corrected chi connectivity index (χ3v) is 5.94. The summed E-state index contributed by atoms with van der Waals surface area (Å²) < 4.78 is 31.2. The highest BCUT2D eigenvalue weighted by Crippen LogP contribution is 2.36. The van der Waals surface area contributed by atoms with E-state index in [4.69, 9.17) is 34.2 Å². The Kier molecular flexibility index (Phi) is 15.1. The molecule has 3 N–H and O–H groups in total. The van der Waals surface area contributed by atoms with Gasteiger partial charge in [-0.3, -0.25) is 4.79 Å². The lowest BCUT2D eigenvalue weighted by molar-refractivity contribution is -0.139. The number of carboxylic acids is 1. The lowest BCUT2D eigenvalue weighted by atomic mass is 9.82. The van der Waals surface area contributed by atoms with E-state index in [9.17, 15) is 24.3 Å². The maximum atomic E-state index is 12.4. The van der Waals surface area contributed by atoms with Gasteiger partial charge in [-0.1, -0.05) is 61.5 Å². The zero-order valence-corrected chi connectivity index (χ0v) is 26.0. The van der Waals surface area contributed by atoms with E-state index in [1.807, 2.05) is 48.5 Å². The zero-order chi connectivity index (χ0) is 32.0. The molecule has 0 saturated heterocycles. The summed E-state index contributed by atoms with van der Waals surface area (Å²) >= 11 is 0. The number of benzene rings is 1. The minimum atomic E-state index is -1.42. The number of hydrogen-bond acceptors (Lipinski definition) is 11. The molecular weight excluding hydrogens is 550 g/mol. The van der Waals surface area contributed by atoms with Crippen molar-refractivity contribution in [1.82, 2.24) is 0 Å². The van der Waals surface area contributed by atoms with Gasteiger partial charge < -0.3 is 39.3 Å². The van der Waals surface area contributed by atoms with Crippen molar-refractivity contribution in [1.29, 1.82) is 0 Å². The average Bonchev–Trinajstić information content (AvgIpc) is 2.86. The molecule has 0 fully saturated rings. The molecule has 0 aliphatic carbocycles. The number of aliphatic carboxylic acids is 1. The molecule has 2 unspecified atom stereocenters. The SMILES string of the molecule is CC(C)CCOC(=O)Oc1ccc(C(C(C)COC(=O)OCC(C)(C)C)[C@H](N)C(=O)O)cc1OC(=O)OCCC(C)C. The summed E-state index contributed by atoms with van der Waals surface area (Å²) in [6, 6.07) is 2.73. The molecule has 0 radical (unpaired) electrons. The van der Waals surface area contributed by atoms with Crippen LogP contribution < -0.4 is 15.2 Å². The van der Waals surface area contributed by atoms with Crippen molar-refractivity contribution in [2.75, 3.05) is 26.4 Å². The van der Waals surface area contributed by atoms with Crippen molar-refractivity contribution in [3.05, 3.63) is 23.8 Å². The Morgan fingerprint density at radius 3 is 1.79 bits per heavy atom. The van der Waals surface area contributed by atoms with Crippen LogP contribution in [0.1, 0.15) is 79.7 Å². The lowest BCUT2D eigenvalue weighted by Gasteiger charge is -2.28. The van der Waals surface area contributed by atoms with Crippen LogP contribution in [0.5, 0.6) is 11.5 Å². The van der Waals surface area contributed by atoms with Crippen LogP contribution in [0.4, 0.5) is 14.4 Å². The molecule has 12 heteroatoms. The molecule has 0 saturated carbocycles. The van der Waals surface area contributed by atoms with Crippen LogP contribution in [0.2, 0.25) is 0 Å². The van der Waals surface area contributed by atoms with Crippen molar-refractivity contribution in [2.24, 2.45) is 28.9 Å². The standard InChI is InChI=1S/C30H47NO11/c1-18(2)11-13-37-28(35)41-22-10-9-21(15-23(22)42-29(36)38-14-12-19(3)4)24(25(31)26(32)33)20(5)16-39-27(34)40-17-30(6,7)8/h9-10,15,18-20,24-25H,11-14,16-17,31H2,1-8H3,(H,32,33)/t20?,24?,25-/m0/s1. The second-order valence-corrected chi connectivity index (χ2v) is 12.2. The van der Waals surface area contributed by atoms with Gasteiger partial charge in [-0.05, 0) is 53.7 Å². The van der Waals surface area contributed by atoms with Crippen molar-refractivity contribution >= 4 is 24.4 Å². The van der Waals surface area contributed by atoms with E-state index in [0.717, 1.165) is 0 Å². The van der Waals surface area contributed by atoms with E-state index in [-0.39, 0.29) is 49.3 Å². The molecule has 0 aromatic heterocycles. The van der Waals surface area contributed by atoms with Gasteiger partial charge in [-0.25, -0.2) is 14.4 Å². The van der Waals surface area contributed by atoms with Gasteiger partial charge in [0.2, 0.25) is 0 Å². The summed E-state index contributed by atoms with van der Waals surface area (Å²) in [4.78, 5) is 48.7.